The first-order chi connectivity index (χ1) is 9.75. The van der Waals surface area contributed by atoms with Crippen LogP contribution >= 0.6 is 11.3 Å². The van der Waals surface area contributed by atoms with E-state index in [0.717, 1.165) is 10.1 Å². The summed E-state index contributed by atoms with van der Waals surface area (Å²) in [5.41, 5.74) is 6.60. The summed E-state index contributed by atoms with van der Waals surface area (Å²) < 4.78 is 2.94. The molecular formula is C14H14N4OS. The van der Waals surface area contributed by atoms with Crippen LogP contribution < -0.4 is 11.1 Å². The highest BCUT2D eigenvalue weighted by molar-refractivity contribution is 7.21. The fourth-order valence-electron chi connectivity index (χ4n) is 2.03. The zero-order valence-corrected chi connectivity index (χ0v) is 11.6. The van der Waals surface area contributed by atoms with Crippen LogP contribution in [0.2, 0.25) is 0 Å². The molecule has 0 saturated carbocycles. The van der Waals surface area contributed by atoms with E-state index < -0.39 is 0 Å². The van der Waals surface area contributed by atoms with Gasteiger partial charge in [-0.15, -0.1) is 11.3 Å². The zero-order chi connectivity index (χ0) is 13.9. The number of imidazole rings is 1. The fraction of sp³-hybridized carbons (Fsp3) is 0.143. The average molecular weight is 286 g/mol. The van der Waals surface area contributed by atoms with Crippen LogP contribution in [0.25, 0.3) is 10.1 Å². The van der Waals surface area contributed by atoms with Crippen molar-refractivity contribution >= 4 is 33.0 Å². The van der Waals surface area contributed by atoms with E-state index in [1.807, 2.05) is 35.0 Å². The molecule has 0 saturated heterocycles. The molecule has 0 unspecified atom stereocenters. The third-order valence-electron chi connectivity index (χ3n) is 3.05. The van der Waals surface area contributed by atoms with Crippen LogP contribution in [0.15, 0.2) is 43.0 Å². The molecule has 0 aliphatic rings. The maximum Gasteiger partial charge on any atom is 0.263 e. The first kappa shape index (κ1) is 12.7. The molecule has 3 aromatic rings. The fourth-order valence-corrected chi connectivity index (χ4v) is 3.07. The van der Waals surface area contributed by atoms with Crippen LogP contribution in [0.5, 0.6) is 0 Å². The molecule has 6 heteroatoms. The molecule has 0 radical (unpaired) electrons. The first-order valence-electron chi connectivity index (χ1n) is 6.26. The number of fused-ring (bicyclic) bond motifs is 1. The molecule has 0 atom stereocenters. The lowest BCUT2D eigenvalue weighted by Gasteiger charge is -2.05. The summed E-state index contributed by atoms with van der Waals surface area (Å²) >= 11 is 1.42. The third kappa shape index (κ3) is 2.37. The SMILES string of the molecule is Nc1c(C(=O)NCCn2ccnc2)sc2ccccc12. The molecule has 2 heterocycles. The summed E-state index contributed by atoms with van der Waals surface area (Å²) in [5.74, 6) is -0.121. The highest BCUT2D eigenvalue weighted by Gasteiger charge is 2.15. The summed E-state index contributed by atoms with van der Waals surface area (Å²) in [6.45, 7) is 1.24. The summed E-state index contributed by atoms with van der Waals surface area (Å²) in [5, 5.41) is 3.82. The van der Waals surface area contributed by atoms with E-state index in [1.54, 1.807) is 12.5 Å². The molecule has 1 aromatic carbocycles. The van der Waals surface area contributed by atoms with E-state index in [-0.39, 0.29) is 5.91 Å². The van der Waals surface area contributed by atoms with Gasteiger partial charge in [0.2, 0.25) is 0 Å². The largest absolute Gasteiger partial charge is 0.397 e. The van der Waals surface area contributed by atoms with Crippen molar-refractivity contribution in [3.05, 3.63) is 47.9 Å². The van der Waals surface area contributed by atoms with Crippen molar-refractivity contribution in [2.45, 2.75) is 6.54 Å². The number of nitrogen functional groups attached to an aromatic ring is 1. The molecule has 0 fully saturated rings. The van der Waals surface area contributed by atoms with Gasteiger partial charge in [-0.1, -0.05) is 18.2 Å². The zero-order valence-electron chi connectivity index (χ0n) is 10.7. The molecule has 0 aliphatic carbocycles. The van der Waals surface area contributed by atoms with Crippen LogP contribution in [0.4, 0.5) is 5.69 Å². The van der Waals surface area contributed by atoms with Crippen LogP contribution in [-0.2, 0) is 6.54 Å². The standard InChI is InChI=1S/C14H14N4OS/c15-12-10-3-1-2-4-11(10)20-13(12)14(19)17-6-8-18-7-5-16-9-18/h1-5,7,9H,6,8,15H2,(H,17,19). The van der Waals surface area contributed by atoms with Gasteiger partial charge in [0.25, 0.3) is 5.91 Å². The second-order valence-corrected chi connectivity index (χ2v) is 5.45. The molecule has 20 heavy (non-hydrogen) atoms. The Kier molecular flexibility index (Phi) is 3.39. The Morgan fingerprint density at radius 1 is 1.40 bits per heavy atom. The minimum Gasteiger partial charge on any atom is -0.397 e. The van der Waals surface area contributed by atoms with Gasteiger partial charge in [0.15, 0.2) is 0 Å². The number of thiophene rings is 1. The monoisotopic (exact) mass is 286 g/mol. The summed E-state index contributed by atoms with van der Waals surface area (Å²) in [4.78, 5) is 16.7. The summed E-state index contributed by atoms with van der Waals surface area (Å²) in [6, 6.07) is 7.77. The Bertz CT molecular complexity index is 733. The maximum atomic E-state index is 12.2. The van der Waals surface area contributed by atoms with Gasteiger partial charge in [0.05, 0.1) is 12.0 Å². The molecule has 102 valence electrons. The van der Waals surface area contributed by atoms with E-state index >= 15 is 0 Å². The number of hydrogen-bond donors (Lipinski definition) is 2. The number of nitrogens with two attached hydrogens (primary N) is 1. The predicted molar refractivity (Wildman–Crippen MR) is 80.8 cm³/mol. The molecule has 3 rings (SSSR count). The molecule has 0 bridgehead atoms. The molecular weight excluding hydrogens is 272 g/mol. The second kappa shape index (κ2) is 5.34. The number of benzene rings is 1. The average Bonchev–Trinajstić information content (AvgIpc) is 3.08. The van der Waals surface area contributed by atoms with Crippen molar-refractivity contribution in [1.82, 2.24) is 14.9 Å². The van der Waals surface area contributed by atoms with Crippen molar-refractivity contribution in [1.29, 1.82) is 0 Å². The number of carbonyl (C=O) groups is 1. The number of anilines is 1. The van der Waals surface area contributed by atoms with Crippen LogP contribution in [-0.4, -0.2) is 22.0 Å². The normalized spacial score (nSPS) is 10.8. The number of carbonyl (C=O) groups excluding carboxylic acids is 1. The van der Waals surface area contributed by atoms with Crippen molar-refractivity contribution in [2.24, 2.45) is 0 Å². The third-order valence-corrected chi connectivity index (χ3v) is 4.24. The quantitative estimate of drug-likeness (QED) is 0.771. The van der Waals surface area contributed by atoms with E-state index in [2.05, 4.69) is 10.3 Å². The predicted octanol–water partition coefficient (Wildman–Crippen LogP) is 2.11. The highest BCUT2D eigenvalue weighted by atomic mass is 32.1. The van der Waals surface area contributed by atoms with Gasteiger partial charge in [-0.3, -0.25) is 4.79 Å². The van der Waals surface area contributed by atoms with Crippen molar-refractivity contribution in [3.63, 3.8) is 0 Å². The smallest absolute Gasteiger partial charge is 0.263 e. The Labute approximate surface area is 120 Å². The van der Waals surface area contributed by atoms with Gasteiger partial charge in [0.1, 0.15) is 4.88 Å². The molecule has 1 amide bonds. The van der Waals surface area contributed by atoms with Gasteiger partial charge in [-0.2, -0.15) is 0 Å². The van der Waals surface area contributed by atoms with Gasteiger partial charge in [-0.25, -0.2) is 4.98 Å². The number of rotatable bonds is 4. The number of nitrogens with zero attached hydrogens (tertiary/aromatic N) is 2. The Morgan fingerprint density at radius 2 is 2.25 bits per heavy atom. The summed E-state index contributed by atoms with van der Waals surface area (Å²) in [6.07, 6.45) is 5.30. The lowest BCUT2D eigenvalue weighted by molar-refractivity contribution is 0.0957. The lowest BCUT2D eigenvalue weighted by atomic mass is 10.2. The van der Waals surface area contributed by atoms with Crippen LogP contribution in [0.3, 0.4) is 0 Å². The Hall–Kier alpha value is -2.34. The second-order valence-electron chi connectivity index (χ2n) is 4.40. The van der Waals surface area contributed by atoms with Gasteiger partial charge >= 0.3 is 0 Å². The van der Waals surface area contributed by atoms with E-state index in [1.165, 1.54) is 11.3 Å². The van der Waals surface area contributed by atoms with Crippen molar-refractivity contribution in [3.8, 4) is 0 Å². The van der Waals surface area contributed by atoms with Crippen LogP contribution in [0, 0.1) is 0 Å². The minimum absolute atomic E-state index is 0.121. The van der Waals surface area contributed by atoms with Gasteiger partial charge < -0.3 is 15.6 Å². The Balaban J connectivity index is 1.71. The first-order valence-corrected chi connectivity index (χ1v) is 7.08. The van der Waals surface area contributed by atoms with E-state index in [4.69, 9.17) is 5.73 Å². The Morgan fingerprint density at radius 3 is 3.00 bits per heavy atom. The number of amides is 1. The topological polar surface area (TPSA) is 72.9 Å². The lowest BCUT2D eigenvalue weighted by Crippen LogP contribution is -2.26. The summed E-state index contributed by atoms with van der Waals surface area (Å²) in [7, 11) is 0. The molecule has 2 aromatic heterocycles. The molecule has 0 aliphatic heterocycles. The number of aromatic nitrogens is 2. The molecule has 5 nitrogen and oxygen atoms in total. The minimum atomic E-state index is -0.121. The molecule has 3 N–H and O–H groups in total. The van der Waals surface area contributed by atoms with Crippen LogP contribution in [0.1, 0.15) is 9.67 Å². The highest BCUT2D eigenvalue weighted by Crippen LogP contribution is 2.33. The number of nitrogens with one attached hydrogen (secondary N) is 1. The van der Waals surface area contributed by atoms with Crippen molar-refractivity contribution in [2.75, 3.05) is 12.3 Å². The van der Waals surface area contributed by atoms with E-state index in [0.29, 0.717) is 23.7 Å². The van der Waals surface area contributed by atoms with Crippen molar-refractivity contribution < 1.29 is 4.79 Å². The van der Waals surface area contributed by atoms with Gasteiger partial charge in [0, 0.05) is 35.6 Å². The maximum absolute atomic E-state index is 12.2. The van der Waals surface area contributed by atoms with Gasteiger partial charge in [-0.05, 0) is 6.07 Å². The molecule has 0 spiro atoms. The van der Waals surface area contributed by atoms with E-state index in [9.17, 15) is 4.79 Å². The number of hydrogen-bond acceptors (Lipinski definition) is 4.